The molecule has 0 aromatic carbocycles. The van der Waals surface area contributed by atoms with Crippen LogP contribution in [0.3, 0.4) is 0 Å². The number of nitrogens with zero attached hydrogens (tertiary/aromatic N) is 3. The number of hydrogen-bond acceptors (Lipinski definition) is 4. The molecule has 27 heavy (non-hydrogen) atoms. The molecule has 3 heterocycles. The summed E-state index contributed by atoms with van der Waals surface area (Å²) in [6, 6.07) is 4.24. The number of H-pyrrole nitrogens is 1. The van der Waals surface area contributed by atoms with Crippen LogP contribution in [0.5, 0.6) is 0 Å². The zero-order valence-corrected chi connectivity index (χ0v) is 16.5. The van der Waals surface area contributed by atoms with Gasteiger partial charge in [-0.05, 0) is 70.3 Å². The van der Waals surface area contributed by atoms with Crippen molar-refractivity contribution in [3.8, 4) is 0 Å². The van der Waals surface area contributed by atoms with Crippen LogP contribution in [0.2, 0.25) is 0 Å². The second kappa shape index (κ2) is 10.2. The van der Waals surface area contributed by atoms with Crippen molar-refractivity contribution in [3.05, 3.63) is 41.6 Å². The molecule has 1 atom stereocenters. The lowest BCUT2D eigenvalue weighted by atomic mass is 10.1. The maximum atomic E-state index is 5.69. The molecule has 0 radical (unpaired) electrons. The van der Waals surface area contributed by atoms with Crippen molar-refractivity contribution in [1.29, 1.82) is 0 Å². The molecule has 3 rings (SSSR count). The topological polar surface area (TPSA) is 81.5 Å². The van der Waals surface area contributed by atoms with Crippen molar-refractivity contribution in [2.45, 2.75) is 45.6 Å². The SMILES string of the molecule is CCNC(=NCC(c1ccco1)N1CCCC1)NCCCc1cn[nH]c1C. The Hall–Kier alpha value is -2.28. The van der Waals surface area contributed by atoms with Gasteiger partial charge in [0.25, 0.3) is 0 Å². The first-order valence-electron chi connectivity index (χ1n) is 10.1. The lowest BCUT2D eigenvalue weighted by molar-refractivity contribution is 0.221. The lowest BCUT2D eigenvalue weighted by Gasteiger charge is -2.24. The summed E-state index contributed by atoms with van der Waals surface area (Å²) >= 11 is 0. The fraction of sp³-hybridized carbons (Fsp3) is 0.600. The number of hydrogen-bond donors (Lipinski definition) is 3. The molecule has 0 amide bonds. The van der Waals surface area contributed by atoms with Crippen LogP contribution in [-0.4, -0.2) is 53.8 Å². The quantitative estimate of drug-likeness (QED) is 0.358. The fourth-order valence-electron chi connectivity index (χ4n) is 3.55. The number of likely N-dealkylation sites (tertiary alicyclic amines) is 1. The number of nitrogens with one attached hydrogen (secondary N) is 3. The predicted molar refractivity (Wildman–Crippen MR) is 108 cm³/mol. The van der Waals surface area contributed by atoms with Gasteiger partial charge in [-0.25, -0.2) is 0 Å². The van der Waals surface area contributed by atoms with Crippen LogP contribution in [0.15, 0.2) is 34.0 Å². The van der Waals surface area contributed by atoms with E-state index in [9.17, 15) is 0 Å². The maximum absolute atomic E-state index is 5.69. The summed E-state index contributed by atoms with van der Waals surface area (Å²) in [5, 5.41) is 13.9. The first-order valence-corrected chi connectivity index (χ1v) is 10.1. The highest BCUT2D eigenvalue weighted by atomic mass is 16.3. The van der Waals surface area contributed by atoms with E-state index in [1.54, 1.807) is 6.26 Å². The molecule has 0 saturated carbocycles. The third-order valence-electron chi connectivity index (χ3n) is 5.07. The summed E-state index contributed by atoms with van der Waals surface area (Å²) in [5.74, 6) is 1.88. The number of aromatic amines is 1. The van der Waals surface area contributed by atoms with Gasteiger partial charge in [-0.1, -0.05) is 0 Å². The minimum atomic E-state index is 0.214. The van der Waals surface area contributed by atoms with Gasteiger partial charge < -0.3 is 15.1 Å². The summed E-state index contributed by atoms with van der Waals surface area (Å²) in [7, 11) is 0. The molecule has 0 spiro atoms. The van der Waals surface area contributed by atoms with Crippen LogP contribution in [0.1, 0.15) is 49.2 Å². The second-order valence-electron chi connectivity index (χ2n) is 7.04. The molecule has 148 valence electrons. The third kappa shape index (κ3) is 5.60. The summed E-state index contributed by atoms with van der Waals surface area (Å²) in [4.78, 5) is 7.32. The zero-order valence-electron chi connectivity index (χ0n) is 16.5. The Labute approximate surface area is 161 Å². The van der Waals surface area contributed by atoms with E-state index in [1.807, 2.05) is 12.3 Å². The van der Waals surface area contributed by atoms with E-state index in [-0.39, 0.29) is 6.04 Å². The predicted octanol–water partition coefficient (Wildman–Crippen LogP) is 2.64. The second-order valence-corrected chi connectivity index (χ2v) is 7.04. The molecule has 0 bridgehead atoms. The van der Waals surface area contributed by atoms with Crippen LogP contribution in [0.4, 0.5) is 0 Å². The average molecular weight is 373 g/mol. The molecule has 1 saturated heterocycles. The van der Waals surface area contributed by atoms with Crippen LogP contribution < -0.4 is 10.6 Å². The van der Waals surface area contributed by atoms with Crippen molar-refractivity contribution in [1.82, 2.24) is 25.7 Å². The highest BCUT2D eigenvalue weighted by Crippen LogP contribution is 2.25. The Morgan fingerprint density at radius 2 is 2.22 bits per heavy atom. The van der Waals surface area contributed by atoms with Gasteiger partial charge in [-0.3, -0.25) is 15.0 Å². The van der Waals surface area contributed by atoms with Gasteiger partial charge in [-0.2, -0.15) is 5.10 Å². The van der Waals surface area contributed by atoms with E-state index in [0.29, 0.717) is 6.54 Å². The van der Waals surface area contributed by atoms with E-state index in [4.69, 9.17) is 9.41 Å². The summed E-state index contributed by atoms with van der Waals surface area (Å²) in [5.41, 5.74) is 2.44. The first kappa shape index (κ1) is 19.5. The minimum absolute atomic E-state index is 0.214. The molecule has 0 aliphatic carbocycles. The molecule has 1 unspecified atom stereocenters. The van der Waals surface area contributed by atoms with Crippen molar-refractivity contribution in [2.75, 3.05) is 32.7 Å². The van der Waals surface area contributed by atoms with E-state index < -0.39 is 0 Å². The third-order valence-corrected chi connectivity index (χ3v) is 5.07. The maximum Gasteiger partial charge on any atom is 0.191 e. The number of aromatic nitrogens is 2. The van der Waals surface area contributed by atoms with Crippen molar-refractivity contribution < 1.29 is 4.42 Å². The fourth-order valence-corrected chi connectivity index (χ4v) is 3.55. The average Bonchev–Trinajstić information content (AvgIpc) is 3.43. The van der Waals surface area contributed by atoms with Crippen LogP contribution in [0, 0.1) is 6.92 Å². The van der Waals surface area contributed by atoms with Crippen molar-refractivity contribution in [2.24, 2.45) is 4.99 Å². The van der Waals surface area contributed by atoms with Crippen molar-refractivity contribution >= 4 is 5.96 Å². The Kier molecular flexibility index (Phi) is 7.33. The summed E-state index contributed by atoms with van der Waals surface area (Å²) < 4.78 is 5.69. The molecule has 1 fully saturated rings. The molecule has 1 aliphatic heterocycles. The monoisotopic (exact) mass is 372 g/mol. The highest BCUT2D eigenvalue weighted by Gasteiger charge is 2.25. The Morgan fingerprint density at radius 3 is 2.89 bits per heavy atom. The van der Waals surface area contributed by atoms with E-state index in [2.05, 4.69) is 45.6 Å². The highest BCUT2D eigenvalue weighted by molar-refractivity contribution is 5.79. The molecule has 1 aliphatic rings. The smallest absolute Gasteiger partial charge is 0.191 e. The van der Waals surface area contributed by atoms with Gasteiger partial charge in [0.1, 0.15) is 5.76 Å². The Bertz CT molecular complexity index is 687. The normalized spacial score (nSPS) is 16.6. The lowest BCUT2D eigenvalue weighted by Crippen LogP contribution is -2.39. The van der Waals surface area contributed by atoms with Gasteiger partial charge in [0, 0.05) is 18.8 Å². The first-order chi connectivity index (χ1) is 13.3. The Morgan fingerprint density at radius 1 is 1.37 bits per heavy atom. The zero-order chi connectivity index (χ0) is 18.9. The molecule has 7 heteroatoms. The minimum Gasteiger partial charge on any atom is -0.468 e. The standard InChI is InChI=1S/C20H32N6O/c1-3-21-20(22-10-6-8-17-14-24-25-16(17)2)23-15-18(19-9-7-13-27-19)26-11-4-5-12-26/h7,9,13-14,18H,3-6,8,10-12,15H2,1-2H3,(H,24,25)(H2,21,22,23). The largest absolute Gasteiger partial charge is 0.468 e. The van der Waals surface area contributed by atoms with E-state index >= 15 is 0 Å². The van der Waals surface area contributed by atoms with Gasteiger partial charge in [0.05, 0.1) is 25.0 Å². The Balaban J connectivity index is 1.54. The number of rotatable bonds is 9. The molecular formula is C20H32N6O. The molecular weight excluding hydrogens is 340 g/mol. The summed E-state index contributed by atoms with van der Waals surface area (Å²) in [6.45, 7) is 8.83. The number of furan rings is 1. The summed E-state index contributed by atoms with van der Waals surface area (Å²) in [6.07, 6.45) is 8.23. The van der Waals surface area contributed by atoms with Crippen LogP contribution in [0.25, 0.3) is 0 Å². The van der Waals surface area contributed by atoms with E-state index in [1.165, 1.54) is 18.4 Å². The van der Waals surface area contributed by atoms with Crippen LogP contribution >= 0.6 is 0 Å². The number of aryl methyl sites for hydroxylation is 2. The van der Waals surface area contributed by atoms with E-state index in [0.717, 1.165) is 56.4 Å². The van der Waals surface area contributed by atoms with Gasteiger partial charge >= 0.3 is 0 Å². The van der Waals surface area contributed by atoms with Crippen molar-refractivity contribution in [3.63, 3.8) is 0 Å². The van der Waals surface area contributed by atoms with Crippen LogP contribution in [-0.2, 0) is 6.42 Å². The number of aliphatic imine (C=N–C) groups is 1. The van der Waals surface area contributed by atoms with Gasteiger partial charge in [-0.15, -0.1) is 0 Å². The molecule has 7 nitrogen and oxygen atoms in total. The molecule has 2 aromatic heterocycles. The molecule has 3 N–H and O–H groups in total. The van der Waals surface area contributed by atoms with Gasteiger partial charge in [0.15, 0.2) is 5.96 Å². The molecule has 2 aromatic rings. The van der Waals surface area contributed by atoms with Gasteiger partial charge in [0.2, 0.25) is 0 Å². The number of guanidine groups is 1.